The molecule has 0 N–H and O–H groups in total. The van der Waals surface area contributed by atoms with E-state index in [0.29, 0.717) is 15.1 Å². The van der Waals surface area contributed by atoms with E-state index in [2.05, 4.69) is 20.9 Å². The number of aromatic nitrogens is 2. The molecule has 0 unspecified atom stereocenters. The fraction of sp³-hybridized carbons (Fsp3) is 0.0435. The van der Waals surface area contributed by atoms with Crippen LogP contribution in [-0.2, 0) is 10.1 Å². The second kappa shape index (κ2) is 7.84. The summed E-state index contributed by atoms with van der Waals surface area (Å²) in [5, 5.41) is 0. The van der Waals surface area contributed by atoms with Gasteiger partial charge in [0.2, 0.25) is 0 Å². The Morgan fingerprint density at radius 3 is 2.59 bits per heavy atom. The lowest BCUT2D eigenvalue weighted by molar-refractivity contribution is 0.485. The fourth-order valence-corrected chi connectivity index (χ4v) is 5.64. The van der Waals surface area contributed by atoms with Crippen molar-refractivity contribution in [2.45, 2.75) is 11.8 Å². The molecule has 0 aliphatic rings. The van der Waals surface area contributed by atoms with Gasteiger partial charge in [0, 0.05) is 10.0 Å². The van der Waals surface area contributed by atoms with Crippen molar-refractivity contribution in [3.8, 4) is 5.75 Å². The SMILES string of the molecule is Cc1ccc(S(=O)(=O)Oc2ccc(Br)cc2C=c2sc3nc4ccccc4n3c2=O)cc1. The van der Waals surface area contributed by atoms with E-state index in [1.807, 2.05) is 31.2 Å². The molecule has 2 aromatic heterocycles. The van der Waals surface area contributed by atoms with Crippen molar-refractivity contribution in [3.05, 3.63) is 97.2 Å². The first-order valence-electron chi connectivity index (χ1n) is 9.54. The molecule has 5 aromatic rings. The number of nitrogens with zero attached hydrogens (tertiary/aromatic N) is 2. The van der Waals surface area contributed by atoms with Crippen LogP contribution in [0.3, 0.4) is 0 Å². The first kappa shape index (κ1) is 20.9. The Labute approximate surface area is 195 Å². The molecule has 2 heterocycles. The summed E-state index contributed by atoms with van der Waals surface area (Å²) in [6.45, 7) is 1.88. The van der Waals surface area contributed by atoms with Gasteiger partial charge in [-0.2, -0.15) is 8.42 Å². The molecule has 160 valence electrons. The number of aryl methyl sites for hydroxylation is 1. The van der Waals surface area contributed by atoms with Crippen LogP contribution in [0.15, 0.2) is 80.9 Å². The van der Waals surface area contributed by atoms with E-state index in [-0.39, 0.29) is 16.2 Å². The van der Waals surface area contributed by atoms with Crippen molar-refractivity contribution >= 4 is 59.5 Å². The molecule has 0 saturated heterocycles. The van der Waals surface area contributed by atoms with Crippen LogP contribution in [0.5, 0.6) is 5.75 Å². The number of halogens is 1. The largest absolute Gasteiger partial charge is 0.378 e. The minimum Gasteiger partial charge on any atom is -0.378 e. The maximum absolute atomic E-state index is 13.1. The molecule has 0 saturated carbocycles. The van der Waals surface area contributed by atoms with Crippen molar-refractivity contribution in [1.29, 1.82) is 0 Å². The average molecular weight is 527 g/mol. The molecule has 0 amide bonds. The van der Waals surface area contributed by atoms with E-state index in [4.69, 9.17) is 4.18 Å². The molecule has 5 rings (SSSR count). The summed E-state index contributed by atoms with van der Waals surface area (Å²) in [7, 11) is -4.04. The van der Waals surface area contributed by atoms with Gasteiger partial charge in [-0.15, -0.1) is 0 Å². The maximum Gasteiger partial charge on any atom is 0.339 e. The number of hydrogen-bond acceptors (Lipinski definition) is 6. The van der Waals surface area contributed by atoms with Gasteiger partial charge in [0.05, 0.1) is 15.6 Å². The summed E-state index contributed by atoms with van der Waals surface area (Å²) in [4.78, 5) is 18.2. The number of hydrogen-bond donors (Lipinski definition) is 0. The van der Waals surface area contributed by atoms with Crippen LogP contribution in [-0.4, -0.2) is 17.8 Å². The van der Waals surface area contributed by atoms with Crippen molar-refractivity contribution in [2.75, 3.05) is 0 Å². The van der Waals surface area contributed by atoms with E-state index in [9.17, 15) is 13.2 Å². The number of thiazole rings is 1. The third-order valence-electron chi connectivity index (χ3n) is 4.91. The van der Waals surface area contributed by atoms with Gasteiger partial charge >= 0.3 is 10.1 Å². The first-order chi connectivity index (χ1) is 15.3. The van der Waals surface area contributed by atoms with Crippen LogP contribution in [0.25, 0.3) is 22.1 Å². The predicted molar refractivity (Wildman–Crippen MR) is 129 cm³/mol. The van der Waals surface area contributed by atoms with Gasteiger partial charge in [0.15, 0.2) is 4.96 Å². The molecule has 0 spiro atoms. The molecule has 3 aromatic carbocycles. The summed E-state index contributed by atoms with van der Waals surface area (Å²) < 4.78 is 33.8. The smallest absolute Gasteiger partial charge is 0.339 e. The zero-order chi connectivity index (χ0) is 22.5. The van der Waals surface area contributed by atoms with Crippen molar-refractivity contribution in [2.24, 2.45) is 0 Å². The lowest BCUT2D eigenvalue weighted by atomic mass is 10.2. The van der Waals surface area contributed by atoms with Crippen LogP contribution in [0, 0.1) is 6.92 Å². The van der Waals surface area contributed by atoms with Crippen molar-refractivity contribution in [1.82, 2.24) is 9.38 Å². The highest BCUT2D eigenvalue weighted by Crippen LogP contribution is 2.27. The van der Waals surface area contributed by atoms with Gasteiger partial charge in [-0.1, -0.05) is 57.1 Å². The summed E-state index contributed by atoms with van der Waals surface area (Å²) >= 11 is 4.64. The highest BCUT2D eigenvalue weighted by molar-refractivity contribution is 9.10. The molecular formula is C23H15BrN2O4S2. The molecule has 0 radical (unpaired) electrons. The molecule has 9 heteroatoms. The quantitative estimate of drug-likeness (QED) is 0.326. The Morgan fingerprint density at radius 2 is 1.81 bits per heavy atom. The number of benzene rings is 3. The molecule has 32 heavy (non-hydrogen) atoms. The van der Waals surface area contributed by atoms with Crippen LogP contribution >= 0.6 is 27.3 Å². The molecule has 0 fully saturated rings. The normalized spacial score (nSPS) is 12.6. The van der Waals surface area contributed by atoms with Crippen LogP contribution in [0.4, 0.5) is 0 Å². The summed E-state index contributed by atoms with van der Waals surface area (Å²) in [5.74, 6) is 0.129. The van der Waals surface area contributed by atoms with E-state index < -0.39 is 10.1 Å². The Kier molecular flexibility index (Phi) is 5.11. The molecule has 0 atom stereocenters. The Hall–Kier alpha value is -3.01. The standard InChI is InChI=1S/C23H15BrN2O4S2/c1-14-6-9-17(10-7-14)32(28,29)30-20-11-8-16(24)12-15(20)13-21-22(27)26-19-5-3-2-4-18(19)25-23(26)31-21/h2-13H,1H3. The van der Waals surface area contributed by atoms with Gasteiger partial charge in [-0.05, 0) is 55.5 Å². The zero-order valence-corrected chi connectivity index (χ0v) is 19.9. The molecule has 6 nitrogen and oxygen atoms in total. The number of rotatable bonds is 4. The minimum absolute atomic E-state index is 0.0579. The topological polar surface area (TPSA) is 77.7 Å². The van der Waals surface area contributed by atoms with Gasteiger partial charge in [-0.3, -0.25) is 4.79 Å². The van der Waals surface area contributed by atoms with Gasteiger partial charge < -0.3 is 4.18 Å². The molecule has 0 bridgehead atoms. The lowest BCUT2D eigenvalue weighted by Crippen LogP contribution is -2.22. The van der Waals surface area contributed by atoms with Gasteiger partial charge in [0.25, 0.3) is 5.56 Å². The number of fused-ring (bicyclic) bond motifs is 3. The van der Waals surface area contributed by atoms with Gasteiger partial charge in [0.1, 0.15) is 10.6 Å². The third-order valence-corrected chi connectivity index (χ3v) is 7.62. The van der Waals surface area contributed by atoms with Crippen LogP contribution < -0.4 is 14.3 Å². The first-order valence-corrected chi connectivity index (χ1v) is 12.6. The highest BCUT2D eigenvalue weighted by atomic mass is 79.9. The average Bonchev–Trinajstić information content (AvgIpc) is 3.26. The lowest BCUT2D eigenvalue weighted by Gasteiger charge is -2.10. The van der Waals surface area contributed by atoms with Crippen LogP contribution in [0.1, 0.15) is 11.1 Å². The van der Waals surface area contributed by atoms with E-state index in [1.165, 1.54) is 23.5 Å². The van der Waals surface area contributed by atoms with Crippen molar-refractivity contribution < 1.29 is 12.6 Å². The minimum atomic E-state index is -4.04. The Bertz CT molecular complexity index is 1710. The Morgan fingerprint density at radius 1 is 1.06 bits per heavy atom. The second-order valence-electron chi connectivity index (χ2n) is 7.17. The maximum atomic E-state index is 13.1. The summed E-state index contributed by atoms with van der Waals surface area (Å²) in [6, 6.07) is 18.8. The number of para-hydroxylation sites is 2. The van der Waals surface area contributed by atoms with E-state index in [1.54, 1.807) is 40.8 Å². The summed E-state index contributed by atoms with van der Waals surface area (Å²) in [5.41, 5.74) is 2.67. The van der Waals surface area contributed by atoms with Gasteiger partial charge in [-0.25, -0.2) is 9.38 Å². The fourth-order valence-electron chi connectivity index (χ4n) is 3.33. The monoisotopic (exact) mass is 526 g/mol. The third kappa shape index (κ3) is 3.72. The van der Waals surface area contributed by atoms with Crippen molar-refractivity contribution in [3.63, 3.8) is 0 Å². The zero-order valence-electron chi connectivity index (χ0n) is 16.7. The molecule has 0 aliphatic carbocycles. The van der Waals surface area contributed by atoms with E-state index >= 15 is 0 Å². The molecule has 0 aliphatic heterocycles. The van der Waals surface area contributed by atoms with E-state index in [0.717, 1.165) is 21.1 Å². The van der Waals surface area contributed by atoms with Crippen LogP contribution in [0.2, 0.25) is 0 Å². The Balaban J connectivity index is 1.63. The predicted octanol–water partition coefficient (Wildman–Crippen LogP) is 4.30. The molecular weight excluding hydrogens is 512 g/mol. The second-order valence-corrected chi connectivity index (χ2v) is 10.6. The number of imidazole rings is 1. The highest BCUT2D eigenvalue weighted by Gasteiger charge is 2.19. The summed E-state index contributed by atoms with van der Waals surface area (Å²) in [6.07, 6.45) is 1.63.